The number of benzene rings is 1. The molecule has 0 aliphatic carbocycles. The van der Waals surface area contributed by atoms with Crippen LogP contribution in [0.5, 0.6) is 11.5 Å². The maximum Gasteiger partial charge on any atom is 0.283 e. The highest BCUT2D eigenvalue weighted by atomic mass is 16.7. The van der Waals surface area contributed by atoms with Gasteiger partial charge in [0.05, 0.1) is 12.8 Å². The average molecular weight is 410 g/mol. The van der Waals surface area contributed by atoms with Gasteiger partial charge in [0, 0.05) is 12.5 Å². The van der Waals surface area contributed by atoms with Crippen LogP contribution in [0.1, 0.15) is 30.2 Å². The summed E-state index contributed by atoms with van der Waals surface area (Å²) >= 11 is 0. The lowest BCUT2D eigenvalue weighted by molar-refractivity contribution is -0.122. The Bertz CT molecular complexity index is 1010. The van der Waals surface area contributed by atoms with Crippen molar-refractivity contribution in [2.24, 2.45) is 0 Å². The number of carbonyl (C=O) groups excluding carboxylic acids is 1. The molecule has 156 valence electrons. The fourth-order valence-electron chi connectivity index (χ4n) is 3.75. The van der Waals surface area contributed by atoms with E-state index in [1.54, 1.807) is 18.4 Å². The molecule has 1 N–H and O–H groups in total. The smallest absolute Gasteiger partial charge is 0.283 e. The molecule has 2 aromatic heterocycles. The molecule has 0 saturated carbocycles. The Morgan fingerprint density at radius 2 is 2.00 bits per heavy atom. The van der Waals surface area contributed by atoms with E-state index in [9.17, 15) is 4.79 Å². The Kier molecular flexibility index (Phi) is 5.10. The Morgan fingerprint density at radius 1 is 1.13 bits per heavy atom. The summed E-state index contributed by atoms with van der Waals surface area (Å²) in [6.07, 6.45) is 3.32. The number of amides is 1. The molecule has 3 aromatic rings. The van der Waals surface area contributed by atoms with Gasteiger partial charge in [-0.05, 0) is 55.8 Å². The number of likely N-dealkylation sites (tertiary alicyclic amines) is 1. The quantitative estimate of drug-likeness (QED) is 0.661. The van der Waals surface area contributed by atoms with Crippen molar-refractivity contribution in [3.63, 3.8) is 0 Å². The molecule has 1 aromatic carbocycles. The molecule has 2 aliphatic rings. The molecule has 1 fully saturated rings. The van der Waals surface area contributed by atoms with Crippen molar-refractivity contribution >= 4 is 5.91 Å². The molecular formula is C21H22N4O5. The number of hydrogen-bond donors (Lipinski definition) is 1. The number of carbonyl (C=O) groups is 1. The van der Waals surface area contributed by atoms with Crippen molar-refractivity contribution in [2.45, 2.75) is 25.3 Å². The fourth-order valence-corrected chi connectivity index (χ4v) is 3.75. The van der Waals surface area contributed by atoms with Crippen LogP contribution in [-0.4, -0.2) is 47.4 Å². The molecule has 0 spiro atoms. The number of nitrogens with one attached hydrogen (secondary N) is 1. The second-order valence-electron chi connectivity index (χ2n) is 7.44. The van der Waals surface area contributed by atoms with Crippen LogP contribution in [0.2, 0.25) is 0 Å². The van der Waals surface area contributed by atoms with Gasteiger partial charge in [-0.1, -0.05) is 6.07 Å². The van der Waals surface area contributed by atoms with E-state index in [0.717, 1.165) is 43.0 Å². The van der Waals surface area contributed by atoms with E-state index < -0.39 is 0 Å². The van der Waals surface area contributed by atoms with E-state index in [1.807, 2.05) is 18.2 Å². The Balaban J connectivity index is 1.08. The topological polar surface area (TPSA) is 103 Å². The van der Waals surface area contributed by atoms with E-state index in [0.29, 0.717) is 30.6 Å². The SMILES string of the molecule is O=C(CN1CCC(c2nnc(-c3ccco3)o2)CC1)NCc1ccc2c(c1)OCO2. The van der Waals surface area contributed by atoms with Gasteiger partial charge in [-0.2, -0.15) is 0 Å². The summed E-state index contributed by atoms with van der Waals surface area (Å²) in [6, 6.07) is 9.27. The molecule has 0 radical (unpaired) electrons. The van der Waals surface area contributed by atoms with Gasteiger partial charge in [-0.15, -0.1) is 10.2 Å². The van der Waals surface area contributed by atoms with Crippen molar-refractivity contribution in [1.29, 1.82) is 0 Å². The first-order valence-electron chi connectivity index (χ1n) is 9.99. The van der Waals surface area contributed by atoms with Gasteiger partial charge in [0.2, 0.25) is 18.6 Å². The average Bonchev–Trinajstić information content (AvgIpc) is 3.53. The summed E-state index contributed by atoms with van der Waals surface area (Å²) in [5.74, 6) is 3.28. The largest absolute Gasteiger partial charge is 0.459 e. The third-order valence-electron chi connectivity index (χ3n) is 5.40. The minimum atomic E-state index is 0.00372. The lowest BCUT2D eigenvalue weighted by Crippen LogP contribution is -2.41. The zero-order valence-corrected chi connectivity index (χ0v) is 16.4. The van der Waals surface area contributed by atoms with Crippen LogP contribution in [0.15, 0.2) is 45.4 Å². The highest BCUT2D eigenvalue weighted by molar-refractivity contribution is 5.78. The molecule has 4 heterocycles. The highest BCUT2D eigenvalue weighted by Crippen LogP contribution is 2.32. The molecular weight excluding hydrogens is 388 g/mol. The Morgan fingerprint density at radius 3 is 2.83 bits per heavy atom. The number of nitrogens with zero attached hydrogens (tertiary/aromatic N) is 3. The number of fused-ring (bicyclic) bond motifs is 1. The summed E-state index contributed by atoms with van der Waals surface area (Å²) in [7, 11) is 0. The second kappa shape index (κ2) is 8.19. The van der Waals surface area contributed by atoms with Gasteiger partial charge in [0.15, 0.2) is 17.3 Å². The minimum absolute atomic E-state index is 0.00372. The molecule has 1 amide bonds. The molecule has 5 rings (SSSR count). The first-order chi connectivity index (χ1) is 14.7. The first-order valence-corrected chi connectivity index (χ1v) is 9.99. The highest BCUT2D eigenvalue weighted by Gasteiger charge is 2.26. The molecule has 0 atom stereocenters. The van der Waals surface area contributed by atoms with Crippen LogP contribution in [0, 0.1) is 0 Å². The second-order valence-corrected chi connectivity index (χ2v) is 7.44. The zero-order chi connectivity index (χ0) is 20.3. The molecule has 9 nitrogen and oxygen atoms in total. The third kappa shape index (κ3) is 4.02. The Labute approximate surface area is 173 Å². The van der Waals surface area contributed by atoms with Crippen LogP contribution in [0.25, 0.3) is 11.7 Å². The minimum Gasteiger partial charge on any atom is -0.459 e. The molecule has 2 aliphatic heterocycles. The van der Waals surface area contributed by atoms with Crippen molar-refractivity contribution in [2.75, 3.05) is 26.4 Å². The number of aromatic nitrogens is 2. The summed E-state index contributed by atoms with van der Waals surface area (Å²) in [4.78, 5) is 14.5. The number of hydrogen-bond acceptors (Lipinski definition) is 8. The van der Waals surface area contributed by atoms with Gasteiger partial charge in [0.25, 0.3) is 5.89 Å². The lowest BCUT2D eigenvalue weighted by Gasteiger charge is -2.29. The summed E-state index contributed by atoms with van der Waals surface area (Å²) in [5, 5.41) is 11.2. The third-order valence-corrected chi connectivity index (χ3v) is 5.40. The van der Waals surface area contributed by atoms with Gasteiger partial charge >= 0.3 is 0 Å². The lowest BCUT2D eigenvalue weighted by atomic mass is 9.97. The molecule has 9 heteroatoms. The van der Waals surface area contributed by atoms with Crippen LogP contribution >= 0.6 is 0 Å². The van der Waals surface area contributed by atoms with E-state index in [1.165, 1.54) is 0 Å². The van der Waals surface area contributed by atoms with Gasteiger partial charge in [-0.25, -0.2) is 0 Å². The number of ether oxygens (including phenoxy) is 2. The first kappa shape index (κ1) is 18.7. The summed E-state index contributed by atoms with van der Waals surface area (Å²) < 4.78 is 21.7. The van der Waals surface area contributed by atoms with E-state index in [-0.39, 0.29) is 18.6 Å². The number of rotatable bonds is 6. The van der Waals surface area contributed by atoms with Crippen LogP contribution in [-0.2, 0) is 11.3 Å². The van der Waals surface area contributed by atoms with Crippen molar-refractivity contribution in [3.05, 3.63) is 48.0 Å². The van der Waals surface area contributed by atoms with Gasteiger partial charge < -0.3 is 23.6 Å². The predicted molar refractivity (Wildman–Crippen MR) is 105 cm³/mol. The van der Waals surface area contributed by atoms with E-state index >= 15 is 0 Å². The van der Waals surface area contributed by atoms with Crippen LogP contribution < -0.4 is 14.8 Å². The maximum absolute atomic E-state index is 12.3. The normalized spacial score (nSPS) is 16.7. The number of furan rings is 1. The summed E-state index contributed by atoms with van der Waals surface area (Å²) in [6.45, 7) is 2.69. The van der Waals surface area contributed by atoms with E-state index in [4.69, 9.17) is 18.3 Å². The van der Waals surface area contributed by atoms with Crippen molar-refractivity contribution in [1.82, 2.24) is 20.4 Å². The summed E-state index contributed by atoms with van der Waals surface area (Å²) in [5.41, 5.74) is 0.982. The molecule has 0 unspecified atom stereocenters. The van der Waals surface area contributed by atoms with Crippen LogP contribution in [0.4, 0.5) is 0 Å². The van der Waals surface area contributed by atoms with Crippen molar-refractivity contribution in [3.8, 4) is 23.1 Å². The molecule has 0 bridgehead atoms. The Hall–Kier alpha value is -3.33. The monoisotopic (exact) mass is 410 g/mol. The number of piperidine rings is 1. The predicted octanol–water partition coefficient (Wildman–Crippen LogP) is 2.55. The zero-order valence-electron chi connectivity index (χ0n) is 16.4. The van der Waals surface area contributed by atoms with Gasteiger partial charge in [-0.3, -0.25) is 9.69 Å². The molecule has 1 saturated heterocycles. The van der Waals surface area contributed by atoms with Crippen LogP contribution in [0.3, 0.4) is 0 Å². The maximum atomic E-state index is 12.3. The fraction of sp³-hybridized carbons (Fsp3) is 0.381. The van der Waals surface area contributed by atoms with Gasteiger partial charge in [0.1, 0.15) is 0 Å². The molecule has 30 heavy (non-hydrogen) atoms. The standard InChI is InChI=1S/C21H22N4O5/c26-19(22-11-14-3-4-16-18(10-14)29-13-28-16)12-25-7-5-15(6-8-25)20-23-24-21(30-20)17-2-1-9-27-17/h1-4,9-10,15H,5-8,11-13H2,(H,22,26). The van der Waals surface area contributed by atoms with E-state index in [2.05, 4.69) is 20.4 Å². The van der Waals surface area contributed by atoms with Crippen molar-refractivity contribution < 1.29 is 23.1 Å².